The number of halogens is 1. The van der Waals surface area contributed by atoms with Crippen LogP contribution in [0.25, 0.3) is 0 Å². The van der Waals surface area contributed by atoms with Crippen LogP contribution in [-0.2, 0) is 25.8 Å². The minimum atomic E-state index is 0. The molecule has 0 unspecified atom stereocenters. The predicted octanol–water partition coefficient (Wildman–Crippen LogP) is 4.35. The highest BCUT2D eigenvalue weighted by molar-refractivity contribution is 14.0. The number of hydrogen-bond acceptors (Lipinski definition) is 5. The van der Waals surface area contributed by atoms with Gasteiger partial charge in [0.2, 0.25) is 0 Å². The fourth-order valence-corrected chi connectivity index (χ4v) is 4.65. The third kappa shape index (κ3) is 7.01. The summed E-state index contributed by atoms with van der Waals surface area (Å²) in [4.78, 5) is 11.1. The topological polar surface area (TPSA) is 67.8 Å². The van der Waals surface area contributed by atoms with E-state index >= 15 is 0 Å². The van der Waals surface area contributed by atoms with Crippen LogP contribution < -0.4 is 20.1 Å². The summed E-state index contributed by atoms with van der Waals surface area (Å²) in [5.41, 5.74) is 2.38. The Morgan fingerprint density at radius 1 is 1.17 bits per heavy atom. The van der Waals surface area contributed by atoms with E-state index < -0.39 is 0 Å². The molecule has 0 aliphatic heterocycles. The Bertz CT molecular complexity index is 802. The van der Waals surface area contributed by atoms with Gasteiger partial charge in [-0.25, -0.2) is 9.98 Å². The Kier molecular flexibility index (Phi) is 10.7. The molecule has 1 aromatic carbocycles. The van der Waals surface area contributed by atoms with Crippen LogP contribution >= 0.6 is 35.3 Å². The molecule has 0 saturated heterocycles. The highest BCUT2D eigenvalue weighted by Crippen LogP contribution is 2.27. The average Bonchev–Trinajstić information content (AvgIpc) is 3.17. The number of aliphatic imine (C=N–C) groups is 1. The molecule has 30 heavy (non-hydrogen) atoms. The normalized spacial score (nSPS) is 13.2. The van der Waals surface area contributed by atoms with Gasteiger partial charge in [-0.15, -0.1) is 35.3 Å². The van der Waals surface area contributed by atoms with Crippen molar-refractivity contribution in [1.82, 2.24) is 15.6 Å². The van der Waals surface area contributed by atoms with E-state index in [0.29, 0.717) is 6.54 Å². The van der Waals surface area contributed by atoms with Crippen molar-refractivity contribution in [2.75, 3.05) is 27.3 Å². The van der Waals surface area contributed by atoms with Crippen molar-refractivity contribution >= 4 is 41.3 Å². The van der Waals surface area contributed by atoms with Gasteiger partial charge in [0, 0.05) is 36.0 Å². The minimum absolute atomic E-state index is 0. The number of nitrogens with zero attached hydrogens (tertiary/aromatic N) is 2. The summed E-state index contributed by atoms with van der Waals surface area (Å²) in [5, 5.41) is 8.03. The van der Waals surface area contributed by atoms with Crippen molar-refractivity contribution in [2.24, 2.45) is 4.99 Å². The van der Waals surface area contributed by atoms with Gasteiger partial charge in [-0.05, 0) is 51.2 Å². The first-order valence-corrected chi connectivity index (χ1v) is 11.3. The molecule has 0 atom stereocenters. The van der Waals surface area contributed by atoms with E-state index in [0.717, 1.165) is 55.4 Å². The lowest BCUT2D eigenvalue weighted by molar-refractivity contribution is 0.391. The molecule has 1 aliphatic rings. The fourth-order valence-electron chi connectivity index (χ4n) is 3.45. The smallest absolute Gasteiger partial charge is 0.191 e. The number of fused-ring (bicyclic) bond motifs is 1. The summed E-state index contributed by atoms with van der Waals surface area (Å²) >= 11 is 1.91. The molecule has 0 amide bonds. The average molecular weight is 545 g/mol. The Morgan fingerprint density at radius 3 is 2.73 bits per heavy atom. The molecule has 1 aliphatic carbocycles. The van der Waals surface area contributed by atoms with Crippen LogP contribution in [0.3, 0.4) is 0 Å². The molecule has 0 fully saturated rings. The molecular weight excluding hydrogens is 511 g/mol. The zero-order valence-electron chi connectivity index (χ0n) is 18.1. The van der Waals surface area contributed by atoms with Crippen LogP contribution in [0.1, 0.15) is 47.3 Å². The molecule has 0 spiro atoms. The van der Waals surface area contributed by atoms with Gasteiger partial charge in [-0.3, -0.25) is 0 Å². The van der Waals surface area contributed by atoms with Gasteiger partial charge in [0.05, 0.1) is 31.5 Å². The van der Waals surface area contributed by atoms with Crippen LogP contribution in [0, 0.1) is 0 Å². The Balaban J connectivity index is 0.00000320. The maximum atomic E-state index is 5.47. The fraction of sp³-hybridized carbons (Fsp3) is 0.545. The SMILES string of the molecule is CCNC(=NCc1ccc(OC)cc1OC)NCCCc1nc2c(s1)CCCC2.I. The van der Waals surface area contributed by atoms with Gasteiger partial charge in [0.25, 0.3) is 0 Å². The molecule has 166 valence electrons. The van der Waals surface area contributed by atoms with E-state index in [1.807, 2.05) is 29.5 Å². The summed E-state index contributed by atoms with van der Waals surface area (Å²) in [6.07, 6.45) is 7.06. The lowest BCUT2D eigenvalue weighted by Gasteiger charge is -2.12. The maximum Gasteiger partial charge on any atom is 0.191 e. The summed E-state index contributed by atoms with van der Waals surface area (Å²) < 4.78 is 10.7. The summed E-state index contributed by atoms with van der Waals surface area (Å²) in [6.45, 7) is 4.31. The molecule has 8 heteroatoms. The van der Waals surface area contributed by atoms with E-state index in [2.05, 4.69) is 17.6 Å². The quantitative estimate of drug-likeness (QED) is 0.213. The van der Waals surface area contributed by atoms with E-state index in [1.54, 1.807) is 14.2 Å². The van der Waals surface area contributed by atoms with Crippen molar-refractivity contribution in [3.8, 4) is 11.5 Å². The molecule has 1 aromatic heterocycles. The summed E-state index contributed by atoms with van der Waals surface area (Å²) in [6, 6.07) is 5.81. The van der Waals surface area contributed by atoms with Crippen molar-refractivity contribution in [3.63, 3.8) is 0 Å². The van der Waals surface area contributed by atoms with Crippen LogP contribution in [0.4, 0.5) is 0 Å². The lowest BCUT2D eigenvalue weighted by atomic mass is 10.0. The van der Waals surface area contributed by atoms with Crippen LogP contribution in [-0.4, -0.2) is 38.3 Å². The summed E-state index contributed by atoms with van der Waals surface area (Å²) in [5.74, 6) is 2.39. The Labute approximate surface area is 200 Å². The van der Waals surface area contributed by atoms with Gasteiger partial charge in [-0.1, -0.05) is 0 Å². The molecular formula is C22H33IN4O2S. The van der Waals surface area contributed by atoms with Gasteiger partial charge in [0.15, 0.2) is 5.96 Å². The molecule has 0 saturated carbocycles. The van der Waals surface area contributed by atoms with Gasteiger partial charge < -0.3 is 20.1 Å². The first-order valence-electron chi connectivity index (χ1n) is 10.4. The number of thiazole rings is 1. The third-order valence-corrected chi connectivity index (χ3v) is 6.21. The van der Waals surface area contributed by atoms with Crippen molar-refractivity contribution in [2.45, 2.75) is 52.0 Å². The predicted molar refractivity (Wildman–Crippen MR) is 135 cm³/mol. The monoisotopic (exact) mass is 544 g/mol. The highest BCUT2D eigenvalue weighted by Gasteiger charge is 2.14. The first-order chi connectivity index (χ1) is 14.2. The van der Waals surface area contributed by atoms with Crippen molar-refractivity contribution < 1.29 is 9.47 Å². The van der Waals surface area contributed by atoms with Crippen LogP contribution in [0.2, 0.25) is 0 Å². The van der Waals surface area contributed by atoms with Crippen LogP contribution in [0.15, 0.2) is 23.2 Å². The largest absolute Gasteiger partial charge is 0.497 e. The molecule has 2 aromatic rings. The number of nitrogens with one attached hydrogen (secondary N) is 2. The maximum absolute atomic E-state index is 5.47. The highest BCUT2D eigenvalue weighted by atomic mass is 127. The van der Waals surface area contributed by atoms with E-state index in [-0.39, 0.29) is 24.0 Å². The third-order valence-electron chi connectivity index (χ3n) is 5.00. The number of methoxy groups -OCH3 is 2. The summed E-state index contributed by atoms with van der Waals surface area (Å²) in [7, 11) is 3.32. The number of guanidine groups is 1. The Hall–Kier alpha value is -1.55. The number of rotatable bonds is 9. The number of benzene rings is 1. The second-order valence-electron chi connectivity index (χ2n) is 7.09. The molecule has 6 nitrogen and oxygen atoms in total. The first kappa shape index (κ1) is 24.7. The van der Waals surface area contributed by atoms with Gasteiger partial charge >= 0.3 is 0 Å². The second kappa shape index (κ2) is 13.0. The second-order valence-corrected chi connectivity index (χ2v) is 8.26. The lowest BCUT2D eigenvalue weighted by Crippen LogP contribution is -2.37. The zero-order valence-corrected chi connectivity index (χ0v) is 21.3. The Morgan fingerprint density at radius 2 is 2.00 bits per heavy atom. The molecule has 0 radical (unpaired) electrons. The van der Waals surface area contributed by atoms with Gasteiger partial charge in [-0.2, -0.15) is 0 Å². The van der Waals surface area contributed by atoms with E-state index in [4.69, 9.17) is 19.5 Å². The molecule has 2 N–H and O–H groups in total. The molecule has 1 heterocycles. The van der Waals surface area contributed by atoms with Gasteiger partial charge in [0.1, 0.15) is 11.5 Å². The molecule has 0 bridgehead atoms. The minimum Gasteiger partial charge on any atom is -0.497 e. The van der Waals surface area contributed by atoms with E-state index in [9.17, 15) is 0 Å². The standard InChI is InChI=1S/C22H32N4O2S.HI/c1-4-23-22(25-15-16-11-12-17(27-2)14-19(16)28-3)24-13-7-10-21-26-18-8-5-6-9-20(18)29-21;/h11-12,14H,4-10,13,15H2,1-3H3,(H2,23,24,25);1H. The zero-order chi connectivity index (χ0) is 20.5. The van der Waals surface area contributed by atoms with Crippen molar-refractivity contribution in [3.05, 3.63) is 39.3 Å². The molecule has 3 rings (SSSR count). The number of ether oxygens (including phenoxy) is 2. The van der Waals surface area contributed by atoms with Crippen molar-refractivity contribution in [1.29, 1.82) is 0 Å². The number of hydrogen-bond donors (Lipinski definition) is 2. The number of aryl methyl sites for hydroxylation is 3. The number of aromatic nitrogens is 1. The van der Waals surface area contributed by atoms with E-state index in [1.165, 1.54) is 34.8 Å². The van der Waals surface area contributed by atoms with Crippen LogP contribution in [0.5, 0.6) is 11.5 Å².